The van der Waals surface area contributed by atoms with Gasteiger partial charge in [0, 0.05) is 10.6 Å². The third-order valence-electron chi connectivity index (χ3n) is 2.56. The van der Waals surface area contributed by atoms with E-state index >= 15 is 0 Å². The van der Waals surface area contributed by atoms with Crippen molar-refractivity contribution >= 4 is 31.6 Å². The Morgan fingerprint density at radius 1 is 1.42 bits per heavy atom. The maximum Gasteiger partial charge on any atom is 0.253 e. The summed E-state index contributed by atoms with van der Waals surface area (Å²) in [4.78, 5) is 1.86. The molecule has 0 aromatic heterocycles. The van der Waals surface area contributed by atoms with Crippen LogP contribution >= 0.6 is 11.6 Å². The van der Waals surface area contributed by atoms with Crippen molar-refractivity contribution in [2.45, 2.75) is 10.3 Å². The summed E-state index contributed by atoms with van der Waals surface area (Å²) in [5.41, 5.74) is 5.32. The van der Waals surface area contributed by atoms with Gasteiger partial charge in [0.2, 0.25) is 10.0 Å². The van der Waals surface area contributed by atoms with Gasteiger partial charge in [0.25, 0.3) is 10.0 Å². The maximum absolute atomic E-state index is 11.9. The summed E-state index contributed by atoms with van der Waals surface area (Å²) >= 11 is 5.78. The van der Waals surface area contributed by atoms with Crippen LogP contribution in [0.15, 0.2) is 23.1 Å². The van der Waals surface area contributed by atoms with Crippen molar-refractivity contribution in [3.05, 3.63) is 28.8 Å². The molecule has 1 heterocycles. The molecule has 0 saturated carbocycles. The molecule has 19 heavy (non-hydrogen) atoms. The first-order valence-electron chi connectivity index (χ1n) is 4.97. The summed E-state index contributed by atoms with van der Waals surface area (Å²) in [5, 5.41) is 4.72. The molecule has 0 radical (unpaired) electrons. The second-order valence-corrected chi connectivity index (χ2v) is 7.56. The van der Waals surface area contributed by atoms with Gasteiger partial charge in [-0.25, -0.2) is 22.0 Å². The van der Waals surface area contributed by atoms with Crippen LogP contribution in [0.2, 0.25) is 5.02 Å². The van der Waals surface area contributed by atoms with Gasteiger partial charge in [-0.1, -0.05) is 11.6 Å². The fourth-order valence-corrected chi connectivity index (χ4v) is 4.54. The lowest BCUT2D eigenvalue weighted by atomic mass is 10.2. The van der Waals surface area contributed by atoms with Gasteiger partial charge in [0.1, 0.15) is 0 Å². The zero-order valence-electron chi connectivity index (χ0n) is 9.45. The van der Waals surface area contributed by atoms with E-state index in [0.717, 1.165) is 5.01 Å². The molecular formula is C8H11ClN4O4S2. The van der Waals surface area contributed by atoms with E-state index in [1.54, 1.807) is 0 Å². The lowest BCUT2D eigenvalue weighted by Crippen LogP contribution is -2.54. The Morgan fingerprint density at radius 3 is 2.58 bits per heavy atom. The Hall–Kier alpha value is -0.750. The van der Waals surface area contributed by atoms with Crippen molar-refractivity contribution in [1.29, 1.82) is 0 Å². The summed E-state index contributed by atoms with van der Waals surface area (Å²) in [6, 6.07) is 3.80. The van der Waals surface area contributed by atoms with Gasteiger partial charge in [-0.15, -0.1) is 4.83 Å². The van der Waals surface area contributed by atoms with E-state index in [9.17, 15) is 16.8 Å². The van der Waals surface area contributed by atoms with E-state index in [1.165, 1.54) is 18.2 Å². The van der Waals surface area contributed by atoms with E-state index in [4.69, 9.17) is 22.5 Å². The van der Waals surface area contributed by atoms with E-state index in [0.29, 0.717) is 0 Å². The number of hydrogen-bond donors (Lipinski definition) is 3. The maximum atomic E-state index is 11.9. The fourth-order valence-electron chi connectivity index (χ4n) is 1.86. The van der Waals surface area contributed by atoms with Gasteiger partial charge in [0.15, 0.2) is 5.37 Å². The molecule has 11 heteroatoms. The third-order valence-corrected chi connectivity index (χ3v) is 5.35. The first kappa shape index (κ1) is 14.7. The number of nitrogens with one attached hydrogen (secondary N) is 1. The Labute approximate surface area is 115 Å². The molecule has 1 aliphatic heterocycles. The standard InChI is InChI=1S/C8H11ClN4O4S2/c9-5-1-2-7-6(3-5)8(18(11,14)15)13(4-10)12-19(7,16)17/h1-3,8,12H,4,10H2,(H2,11,14,15). The number of hydrazine groups is 1. The molecule has 106 valence electrons. The van der Waals surface area contributed by atoms with Crippen LogP contribution in [0, 0.1) is 0 Å². The van der Waals surface area contributed by atoms with E-state index in [1.807, 2.05) is 0 Å². The number of rotatable bonds is 2. The van der Waals surface area contributed by atoms with Crippen molar-refractivity contribution in [2.24, 2.45) is 10.9 Å². The largest absolute Gasteiger partial charge is 0.317 e. The minimum absolute atomic E-state index is 0.0285. The molecule has 0 spiro atoms. The SMILES string of the molecule is NCN1NS(=O)(=O)c2ccc(Cl)cc2C1S(N)(=O)=O. The Kier molecular flexibility index (Phi) is 3.60. The van der Waals surface area contributed by atoms with Crippen LogP contribution in [0.1, 0.15) is 10.9 Å². The lowest BCUT2D eigenvalue weighted by molar-refractivity contribution is 0.212. The molecule has 2 rings (SSSR count). The number of fused-ring (bicyclic) bond motifs is 1. The number of sulfonamides is 2. The Morgan fingerprint density at radius 2 is 2.05 bits per heavy atom. The number of nitrogens with two attached hydrogens (primary N) is 2. The summed E-state index contributed by atoms with van der Waals surface area (Å²) in [6.07, 6.45) is 0. The van der Waals surface area contributed by atoms with Crippen LogP contribution in [0.25, 0.3) is 0 Å². The Bertz CT molecular complexity index is 718. The smallest absolute Gasteiger partial charge is 0.253 e. The van der Waals surface area contributed by atoms with Gasteiger partial charge in [0.05, 0.1) is 11.6 Å². The molecule has 1 aromatic carbocycles. The molecule has 0 aliphatic carbocycles. The first-order chi connectivity index (χ1) is 8.66. The zero-order valence-corrected chi connectivity index (χ0v) is 11.8. The predicted octanol–water partition coefficient (Wildman–Crippen LogP) is -0.948. The predicted molar refractivity (Wildman–Crippen MR) is 68.5 cm³/mol. The van der Waals surface area contributed by atoms with Crippen LogP contribution in [0.4, 0.5) is 0 Å². The van der Waals surface area contributed by atoms with Gasteiger partial charge in [-0.3, -0.25) is 0 Å². The quantitative estimate of drug-likeness (QED) is 0.641. The highest BCUT2D eigenvalue weighted by Crippen LogP contribution is 2.35. The van der Waals surface area contributed by atoms with Crippen LogP contribution < -0.4 is 15.7 Å². The molecule has 1 atom stereocenters. The molecular weight excluding hydrogens is 316 g/mol. The van der Waals surface area contributed by atoms with Crippen LogP contribution in [0.3, 0.4) is 0 Å². The second kappa shape index (κ2) is 4.66. The van der Waals surface area contributed by atoms with Gasteiger partial charge in [-0.2, -0.15) is 5.01 Å². The molecule has 8 nitrogen and oxygen atoms in total. The van der Waals surface area contributed by atoms with Crippen molar-refractivity contribution in [1.82, 2.24) is 9.84 Å². The number of benzene rings is 1. The second-order valence-electron chi connectivity index (χ2n) is 3.87. The normalized spacial score (nSPS) is 23.0. The summed E-state index contributed by atoms with van der Waals surface area (Å²) in [5.74, 6) is 0. The van der Waals surface area contributed by atoms with Gasteiger partial charge < -0.3 is 5.73 Å². The van der Waals surface area contributed by atoms with Gasteiger partial charge >= 0.3 is 0 Å². The number of hydrogen-bond acceptors (Lipinski definition) is 6. The average Bonchev–Trinajstić information content (AvgIpc) is 2.25. The molecule has 5 N–H and O–H groups in total. The number of halogens is 1. The summed E-state index contributed by atoms with van der Waals surface area (Å²) in [6.45, 7) is -0.369. The van der Waals surface area contributed by atoms with Crippen molar-refractivity contribution < 1.29 is 16.8 Å². The highest BCUT2D eigenvalue weighted by Gasteiger charge is 2.41. The minimum Gasteiger partial charge on any atom is -0.317 e. The molecule has 1 aromatic rings. The third kappa shape index (κ3) is 2.60. The average molecular weight is 327 g/mol. The molecule has 0 amide bonds. The molecule has 0 fully saturated rings. The monoisotopic (exact) mass is 326 g/mol. The zero-order chi connectivity index (χ0) is 14.4. The number of nitrogens with zero attached hydrogens (tertiary/aromatic N) is 1. The van der Waals surface area contributed by atoms with E-state index in [2.05, 4.69) is 4.83 Å². The molecule has 0 bridgehead atoms. The number of primary sulfonamides is 1. The van der Waals surface area contributed by atoms with Crippen molar-refractivity contribution in [3.63, 3.8) is 0 Å². The van der Waals surface area contributed by atoms with E-state index in [-0.39, 0.29) is 22.2 Å². The van der Waals surface area contributed by atoms with Gasteiger partial charge in [-0.05, 0) is 18.2 Å². The lowest BCUT2D eigenvalue weighted by Gasteiger charge is -2.34. The van der Waals surface area contributed by atoms with Crippen LogP contribution in [-0.4, -0.2) is 28.5 Å². The molecule has 1 unspecified atom stereocenters. The fraction of sp³-hybridized carbons (Fsp3) is 0.250. The van der Waals surface area contributed by atoms with E-state index < -0.39 is 25.4 Å². The summed E-state index contributed by atoms with van der Waals surface area (Å²) < 4.78 is 47.2. The Balaban J connectivity index is 2.78. The molecule has 0 saturated heterocycles. The summed E-state index contributed by atoms with van der Waals surface area (Å²) in [7, 11) is -8.00. The minimum atomic E-state index is -4.11. The highest BCUT2D eigenvalue weighted by molar-refractivity contribution is 7.91. The highest BCUT2D eigenvalue weighted by atomic mass is 35.5. The van der Waals surface area contributed by atoms with Crippen molar-refractivity contribution in [2.75, 3.05) is 6.67 Å². The van der Waals surface area contributed by atoms with Crippen LogP contribution in [-0.2, 0) is 20.0 Å². The van der Waals surface area contributed by atoms with Crippen molar-refractivity contribution in [3.8, 4) is 0 Å². The first-order valence-corrected chi connectivity index (χ1v) is 8.44. The van der Waals surface area contributed by atoms with Crippen LogP contribution in [0.5, 0.6) is 0 Å². The molecule has 1 aliphatic rings. The topological polar surface area (TPSA) is 136 Å².